The van der Waals surface area contributed by atoms with Gasteiger partial charge in [0.15, 0.2) is 5.75 Å². The van der Waals surface area contributed by atoms with E-state index in [4.69, 9.17) is 10.5 Å². The zero-order chi connectivity index (χ0) is 16.8. The van der Waals surface area contributed by atoms with Crippen LogP contribution in [0.3, 0.4) is 0 Å². The first-order chi connectivity index (χ1) is 12.3. The Morgan fingerprint density at radius 3 is 2.64 bits per heavy atom. The van der Waals surface area contributed by atoms with Gasteiger partial charge < -0.3 is 10.5 Å². The highest BCUT2D eigenvalue weighted by molar-refractivity contribution is 5.87. The van der Waals surface area contributed by atoms with Crippen LogP contribution in [-0.4, -0.2) is 15.0 Å². The third-order valence-corrected chi connectivity index (χ3v) is 4.57. The maximum absolute atomic E-state index is 6.19. The summed E-state index contributed by atoms with van der Waals surface area (Å²) in [5.41, 5.74) is 9.95. The van der Waals surface area contributed by atoms with Crippen LogP contribution in [-0.2, 0) is 0 Å². The predicted octanol–water partition coefficient (Wildman–Crippen LogP) is 3.89. The van der Waals surface area contributed by atoms with Gasteiger partial charge in [0.05, 0.1) is 5.56 Å². The van der Waals surface area contributed by atoms with E-state index in [1.165, 1.54) is 6.33 Å². The van der Waals surface area contributed by atoms with Crippen molar-refractivity contribution in [1.29, 1.82) is 0 Å². The van der Waals surface area contributed by atoms with Crippen LogP contribution in [0.5, 0.6) is 11.6 Å². The van der Waals surface area contributed by atoms with Gasteiger partial charge in [-0.2, -0.15) is 0 Å². The summed E-state index contributed by atoms with van der Waals surface area (Å²) in [5, 5.41) is 1.03. The van der Waals surface area contributed by atoms with Gasteiger partial charge in [-0.05, 0) is 11.6 Å². The minimum Gasteiger partial charge on any atom is -0.436 e. The quantitative estimate of drug-likeness (QED) is 0.506. The highest BCUT2D eigenvalue weighted by atomic mass is 16.5. The number of nitrogen functional groups attached to an aromatic ring is 1. The Morgan fingerprint density at radius 2 is 1.76 bits per heavy atom. The van der Waals surface area contributed by atoms with Gasteiger partial charge in [0, 0.05) is 23.1 Å². The van der Waals surface area contributed by atoms with Crippen molar-refractivity contribution in [3.63, 3.8) is 0 Å². The van der Waals surface area contributed by atoms with Gasteiger partial charge in [0.25, 0.3) is 0 Å². The van der Waals surface area contributed by atoms with Crippen molar-refractivity contribution in [3.05, 3.63) is 83.8 Å². The van der Waals surface area contributed by atoms with Crippen LogP contribution in [0, 0.1) is 0 Å². The number of rotatable bonds is 1. The summed E-state index contributed by atoms with van der Waals surface area (Å²) in [6.45, 7) is 0. The molecule has 1 unspecified atom stereocenters. The van der Waals surface area contributed by atoms with E-state index < -0.39 is 0 Å². The van der Waals surface area contributed by atoms with Crippen LogP contribution >= 0.6 is 0 Å². The van der Waals surface area contributed by atoms with E-state index in [0.29, 0.717) is 11.7 Å². The van der Waals surface area contributed by atoms with Crippen molar-refractivity contribution in [2.45, 2.75) is 5.92 Å². The number of pyridine rings is 1. The van der Waals surface area contributed by atoms with Crippen molar-refractivity contribution in [2.24, 2.45) is 0 Å². The van der Waals surface area contributed by atoms with E-state index in [2.05, 4.69) is 39.2 Å². The molecule has 1 aliphatic rings. The Labute approximate surface area is 144 Å². The molecule has 0 spiro atoms. The summed E-state index contributed by atoms with van der Waals surface area (Å²) < 4.78 is 6.13. The normalized spacial score (nSPS) is 15.3. The largest absolute Gasteiger partial charge is 0.436 e. The third-order valence-electron chi connectivity index (χ3n) is 4.57. The standard InChI is InChI=1S/C20H14N4O/c21-19-16-15(12-5-2-1-3-6-12)14-9-8-13-7-4-10-22-17(13)18(14)25-20(16)24-11-23-19/h1-11,15H,(H2,21,23,24). The molecule has 0 aliphatic carbocycles. The average Bonchev–Trinajstić information content (AvgIpc) is 2.67. The topological polar surface area (TPSA) is 73.9 Å². The number of benzene rings is 2. The minimum atomic E-state index is -0.0902. The first-order valence-electron chi connectivity index (χ1n) is 8.04. The van der Waals surface area contributed by atoms with Gasteiger partial charge in [-0.3, -0.25) is 4.98 Å². The molecule has 2 aromatic carbocycles. The van der Waals surface area contributed by atoms with Gasteiger partial charge in [-0.15, -0.1) is 0 Å². The second-order valence-corrected chi connectivity index (χ2v) is 5.98. The lowest BCUT2D eigenvalue weighted by Crippen LogP contribution is -2.16. The fourth-order valence-corrected chi connectivity index (χ4v) is 3.46. The summed E-state index contributed by atoms with van der Waals surface area (Å²) in [7, 11) is 0. The Kier molecular flexibility index (Phi) is 2.94. The number of nitrogens with two attached hydrogens (primary N) is 1. The molecule has 1 aliphatic heterocycles. The molecule has 0 saturated heterocycles. The number of anilines is 1. The van der Waals surface area contributed by atoms with Crippen LogP contribution in [0.1, 0.15) is 22.6 Å². The summed E-state index contributed by atoms with van der Waals surface area (Å²) >= 11 is 0. The van der Waals surface area contributed by atoms with E-state index in [1.54, 1.807) is 6.20 Å². The molecule has 3 heterocycles. The second kappa shape index (κ2) is 5.27. The number of fused-ring (bicyclic) bond motifs is 4. The minimum absolute atomic E-state index is 0.0902. The van der Waals surface area contributed by atoms with E-state index in [1.807, 2.05) is 30.3 Å². The van der Waals surface area contributed by atoms with E-state index in [0.717, 1.165) is 33.3 Å². The lowest BCUT2D eigenvalue weighted by atomic mass is 9.83. The van der Waals surface area contributed by atoms with Gasteiger partial charge in [-0.1, -0.05) is 48.5 Å². The van der Waals surface area contributed by atoms with Crippen LogP contribution in [0.2, 0.25) is 0 Å². The first kappa shape index (κ1) is 13.9. The van der Waals surface area contributed by atoms with E-state index in [-0.39, 0.29) is 5.92 Å². The second-order valence-electron chi connectivity index (χ2n) is 5.98. The number of hydrogen-bond acceptors (Lipinski definition) is 5. The zero-order valence-corrected chi connectivity index (χ0v) is 13.3. The maximum Gasteiger partial charge on any atom is 0.228 e. The molecule has 2 N–H and O–H groups in total. The number of aromatic nitrogens is 3. The van der Waals surface area contributed by atoms with Crippen molar-refractivity contribution < 1.29 is 4.74 Å². The molecular formula is C20H14N4O. The van der Waals surface area contributed by atoms with Crippen LogP contribution in [0.15, 0.2) is 67.1 Å². The molecule has 0 fully saturated rings. The Hall–Kier alpha value is -3.47. The molecule has 5 nitrogen and oxygen atoms in total. The summed E-state index contributed by atoms with van der Waals surface area (Å²) in [4.78, 5) is 13.0. The highest BCUT2D eigenvalue weighted by Crippen LogP contribution is 2.49. The van der Waals surface area contributed by atoms with Crippen LogP contribution in [0.25, 0.3) is 10.9 Å². The summed E-state index contributed by atoms with van der Waals surface area (Å²) in [5.74, 6) is 1.57. The molecule has 5 heteroatoms. The number of ether oxygens (including phenoxy) is 1. The molecule has 0 bridgehead atoms. The Morgan fingerprint density at radius 1 is 0.880 bits per heavy atom. The first-order valence-corrected chi connectivity index (χ1v) is 8.04. The van der Waals surface area contributed by atoms with Crippen LogP contribution in [0.4, 0.5) is 5.82 Å². The molecule has 25 heavy (non-hydrogen) atoms. The molecular weight excluding hydrogens is 312 g/mol. The van der Waals surface area contributed by atoms with Gasteiger partial charge in [-0.25, -0.2) is 9.97 Å². The third kappa shape index (κ3) is 2.06. The molecule has 1 atom stereocenters. The number of nitrogens with zero attached hydrogens (tertiary/aromatic N) is 3. The molecule has 2 aromatic heterocycles. The molecule has 0 saturated carbocycles. The fourth-order valence-electron chi connectivity index (χ4n) is 3.46. The highest BCUT2D eigenvalue weighted by Gasteiger charge is 2.33. The zero-order valence-electron chi connectivity index (χ0n) is 13.3. The SMILES string of the molecule is Nc1ncnc2c1C(c1ccccc1)c1ccc3cccnc3c1O2. The van der Waals surface area contributed by atoms with Crippen molar-refractivity contribution in [3.8, 4) is 11.6 Å². The lowest BCUT2D eigenvalue weighted by Gasteiger charge is -2.28. The van der Waals surface area contributed by atoms with Crippen LogP contribution < -0.4 is 10.5 Å². The molecule has 0 amide bonds. The van der Waals surface area contributed by atoms with Crippen molar-refractivity contribution in [2.75, 3.05) is 5.73 Å². The number of hydrogen-bond donors (Lipinski definition) is 1. The summed E-state index contributed by atoms with van der Waals surface area (Å²) in [6.07, 6.45) is 3.20. The van der Waals surface area contributed by atoms with Crippen molar-refractivity contribution >= 4 is 16.7 Å². The van der Waals surface area contributed by atoms with E-state index in [9.17, 15) is 0 Å². The van der Waals surface area contributed by atoms with E-state index >= 15 is 0 Å². The fraction of sp³-hybridized carbons (Fsp3) is 0.0500. The van der Waals surface area contributed by atoms with Crippen molar-refractivity contribution in [1.82, 2.24) is 15.0 Å². The Bertz CT molecular complexity index is 1100. The smallest absolute Gasteiger partial charge is 0.228 e. The monoisotopic (exact) mass is 326 g/mol. The van der Waals surface area contributed by atoms with Gasteiger partial charge in [0.1, 0.15) is 17.7 Å². The predicted molar refractivity (Wildman–Crippen MR) is 95.6 cm³/mol. The summed E-state index contributed by atoms with van der Waals surface area (Å²) in [6, 6.07) is 18.3. The lowest BCUT2D eigenvalue weighted by molar-refractivity contribution is 0.437. The van der Waals surface area contributed by atoms with Gasteiger partial charge in [0.2, 0.25) is 5.88 Å². The molecule has 4 aromatic rings. The van der Waals surface area contributed by atoms with Gasteiger partial charge >= 0.3 is 0 Å². The average molecular weight is 326 g/mol. The molecule has 120 valence electrons. The Balaban J connectivity index is 1.86. The molecule has 0 radical (unpaired) electrons. The molecule has 5 rings (SSSR count). The maximum atomic E-state index is 6.19.